The fraction of sp³-hybridized carbons (Fsp3) is 0.500. The van der Waals surface area contributed by atoms with Gasteiger partial charge >= 0.3 is 0 Å². The van der Waals surface area contributed by atoms with Crippen molar-refractivity contribution in [3.63, 3.8) is 0 Å². The van der Waals surface area contributed by atoms with E-state index in [1.54, 1.807) is 58.0 Å². The van der Waals surface area contributed by atoms with Gasteiger partial charge in [-0.1, -0.05) is 16.8 Å². The molecule has 0 radical (unpaired) electrons. The fourth-order valence-corrected chi connectivity index (χ4v) is 4.75. The second-order valence-electron chi connectivity index (χ2n) is 9.72. The predicted octanol–water partition coefficient (Wildman–Crippen LogP) is 4.09. The molecular formula is C26H33ClF2N6O3. The number of nitrogens with one attached hydrogen (secondary N) is 2. The number of rotatable bonds is 9. The zero-order valence-electron chi connectivity index (χ0n) is 22.1. The second-order valence-corrected chi connectivity index (χ2v) is 10.1. The van der Waals surface area contributed by atoms with Crippen molar-refractivity contribution < 1.29 is 23.1 Å². The molecule has 1 aliphatic heterocycles. The van der Waals surface area contributed by atoms with Crippen LogP contribution in [0.2, 0.25) is 5.02 Å². The molecule has 1 unspecified atom stereocenters. The third-order valence-corrected chi connectivity index (χ3v) is 6.91. The third kappa shape index (κ3) is 6.06. The van der Waals surface area contributed by atoms with Crippen LogP contribution in [-0.4, -0.2) is 83.5 Å². The van der Waals surface area contributed by atoms with E-state index in [4.69, 9.17) is 25.8 Å². The minimum Gasteiger partial charge on any atom is -0.491 e. The van der Waals surface area contributed by atoms with E-state index in [1.165, 1.54) is 0 Å². The maximum absolute atomic E-state index is 14.9. The average molecular weight is 551 g/mol. The van der Waals surface area contributed by atoms with Crippen molar-refractivity contribution in [3.05, 3.63) is 40.2 Å². The summed E-state index contributed by atoms with van der Waals surface area (Å²) in [4.78, 5) is 11.1. The van der Waals surface area contributed by atoms with Gasteiger partial charge in [0.2, 0.25) is 0 Å². The summed E-state index contributed by atoms with van der Waals surface area (Å²) in [5.41, 5.74) is 2.85. The van der Waals surface area contributed by atoms with Crippen molar-refractivity contribution in [1.29, 1.82) is 0 Å². The monoisotopic (exact) mass is 550 g/mol. The molecule has 1 aromatic carbocycles. The van der Waals surface area contributed by atoms with E-state index < -0.39 is 18.1 Å². The molecule has 0 amide bonds. The molecule has 2 aromatic heterocycles. The molecule has 0 spiro atoms. The minimum absolute atomic E-state index is 0.0685. The van der Waals surface area contributed by atoms with Gasteiger partial charge < -0.3 is 29.9 Å². The van der Waals surface area contributed by atoms with E-state index in [2.05, 4.69) is 20.8 Å². The van der Waals surface area contributed by atoms with Crippen LogP contribution in [0.25, 0.3) is 22.6 Å². The predicted molar refractivity (Wildman–Crippen MR) is 142 cm³/mol. The molecule has 4 rings (SSSR count). The molecule has 1 saturated heterocycles. The summed E-state index contributed by atoms with van der Waals surface area (Å²) in [6.45, 7) is 5.98. The molecule has 0 saturated carbocycles. The van der Waals surface area contributed by atoms with Crippen molar-refractivity contribution >= 4 is 17.4 Å². The average Bonchev–Trinajstić information content (AvgIpc) is 3.19. The number of aliphatic hydroxyl groups is 1. The zero-order chi connectivity index (χ0) is 27.6. The number of halogens is 3. The maximum Gasteiger partial charge on any atom is 0.280 e. The number of anilines is 1. The Bertz CT molecular complexity index is 1270. The van der Waals surface area contributed by atoms with Crippen molar-refractivity contribution in [1.82, 2.24) is 25.3 Å². The van der Waals surface area contributed by atoms with Crippen LogP contribution in [0.1, 0.15) is 23.4 Å². The molecule has 206 valence electrons. The molecule has 3 N–H and O–H groups in total. The molecule has 0 aliphatic carbocycles. The summed E-state index contributed by atoms with van der Waals surface area (Å²) in [7, 11) is 3.42. The van der Waals surface area contributed by atoms with Gasteiger partial charge in [-0.15, -0.1) is 0 Å². The standard InChI is InChI=1S/C26H33ClF2N6O3/c1-14-23(22-15(2)34-38-16(22)3)32-25(33-24(14)31-21-8-9-35(5)13-26(21,28)29)19-10-18(6-7-20(19)27)37-12-17(36)11-30-4/h6-7,10,17,21,30,36H,8-9,11-13H2,1-5H3,(H,31,32,33)/t17-,21?/m1/s1. The van der Waals surface area contributed by atoms with Crippen LogP contribution in [0.4, 0.5) is 14.6 Å². The first kappa shape index (κ1) is 28.2. The van der Waals surface area contributed by atoms with Gasteiger partial charge in [-0.05, 0) is 59.5 Å². The van der Waals surface area contributed by atoms with Gasteiger partial charge in [0.1, 0.15) is 30.0 Å². The van der Waals surface area contributed by atoms with Crippen molar-refractivity contribution in [2.75, 3.05) is 45.7 Å². The molecule has 3 heterocycles. The largest absolute Gasteiger partial charge is 0.491 e. The van der Waals surface area contributed by atoms with Gasteiger partial charge in [-0.25, -0.2) is 18.7 Å². The Balaban J connectivity index is 1.78. The molecule has 3 aromatic rings. The lowest BCUT2D eigenvalue weighted by Gasteiger charge is -2.37. The van der Waals surface area contributed by atoms with Crippen molar-refractivity contribution in [3.8, 4) is 28.4 Å². The van der Waals surface area contributed by atoms with Gasteiger partial charge in [0.15, 0.2) is 5.82 Å². The van der Waals surface area contributed by atoms with Crippen molar-refractivity contribution in [2.45, 2.75) is 45.3 Å². The number of likely N-dealkylation sites (tertiary alicyclic amines) is 1. The van der Waals surface area contributed by atoms with E-state index in [-0.39, 0.29) is 31.2 Å². The first-order valence-corrected chi connectivity index (χ1v) is 12.8. The number of likely N-dealkylation sites (N-methyl/N-ethyl adjacent to an activating group) is 1. The van der Waals surface area contributed by atoms with Gasteiger partial charge in [0.25, 0.3) is 5.92 Å². The number of aliphatic hydroxyl groups excluding tert-OH is 1. The normalized spacial score (nSPS) is 18.4. The van der Waals surface area contributed by atoms with Crippen molar-refractivity contribution in [2.24, 2.45) is 0 Å². The Morgan fingerprint density at radius 1 is 1.29 bits per heavy atom. The lowest BCUT2D eigenvalue weighted by Crippen LogP contribution is -2.53. The first-order chi connectivity index (χ1) is 18.0. The number of alkyl halides is 2. The van der Waals surface area contributed by atoms with Crippen LogP contribution < -0.4 is 15.4 Å². The molecule has 9 nitrogen and oxygen atoms in total. The summed E-state index contributed by atoms with van der Waals surface area (Å²) < 4.78 is 41.0. The highest BCUT2D eigenvalue weighted by molar-refractivity contribution is 6.33. The summed E-state index contributed by atoms with van der Waals surface area (Å²) in [5.74, 6) is -1.43. The number of aryl methyl sites for hydroxylation is 2. The number of hydrogen-bond acceptors (Lipinski definition) is 9. The number of hydrogen-bond donors (Lipinski definition) is 3. The minimum atomic E-state index is -2.95. The molecule has 1 aliphatic rings. The number of piperidine rings is 1. The maximum atomic E-state index is 14.9. The summed E-state index contributed by atoms with van der Waals surface area (Å²) in [5, 5.41) is 20.3. The van der Waals surface area contributed by atoms with Crippen LogP contribution in [0.15, 0.2) is 22.7 Å². The summed E-state index contributed by atoms with van der Waals surface area (Å²) >= 11 is 6.56. The fourth-order valence-electron chi connectivity index (χ4n) is 4.55. The Morgan fingerprint density at radius 2 is 2.05 bits per heavy atom. The Hall–Kier alpha value is -2.86. The van der Waals surface area contributed by atoms with Crippen LogP contribution in [0.3, 0.4) is 0 Å². The Labute approximate surface area is 225 Å². The topological polar surface area (TPSA) is 109 Å². The van der Waals surface area contributed by atoms with E-state index in [9.17, 15) is 13.9 Å². The van der Waals surface area contributed by atoms with Crippen LogP contribution in [-0.2, 0) is 0 Å². The SMILES string of the molecule is CNC[C@@H](O)COc1ccc(Cl)c(-c2nc(NC3CCN(C)CC3(F)F)c(C)c(-c3c(C)noc3C)n2)c1. The van der Waals surface area contributed by atoms with Gasteiger partial charge in [0.05, 0.1) is 34.6 Å². The number of benzene rings is 1. The Kier molecular flexibility index (Phi) is 8.51. The highest BCUT2D eigenvalue weighted by atomic mass is 35.5. The number of nitrogens with zero attached hydrogens (tertiary/aromatic N) is 4. The first-order valence-electron chi connectivity index (χ1n) is 12.4. The molecule has 2 atom stereocenters. The lowest BCUT2D eigenvalue weighted by molar-refractivity contribution is -0.0674. The highest BCUT2D eigenvalue weighted by Crippen LogP contribution is 2.37. The zero-order valence-corrected chi connectivity index (χ0v) is 22.9. The van der Waals surface area contributed by atoms with Crippen LogP contribution in [0.5, 0.6) is 5.75 Å². The molecular weight excluding hydrogens is 518 g/mol. The van der Waals surface area contributed by atoms with Gasteiger partial charge in [-0.3, -0.25) is 0 Å². The van der Waals surface area contributed by atoms with Crippen LogP contribution >= 0.6 is 11.6 Å². The Morgan fingerprint density at radius 3 is 2.71 bits per heavy atom. The number of aromatic nitrogens is 3. The molecule has 1 fully saturated rings. The summed E-state index contributed by atoms with van der Waals surface area (Å²) in [6.07, 6.45) is -0.449. The third-order valence-electron chi connectivity index (χ3n) is 6.58. The lowest BCUT2D eigenvalue weighted by atomic mass is 10.00. The smallest absolute Gasteiger partial charge is 0.280 e. The molecule has 12 heteroatoms. The van der Waals surface area contributed by atoms with Gasteiger partial charge in [0, 0.05) is 24.2 Å². The quantitative estimate of drug-likeness (QED) is 0.363. The molecule has 38 heavy (non-hydrogen) atoms. The van der Waals surface area contributed by atoms with E-state index in [0.717, 1.165) is 0 Å². The van der Waals surface area contributed by atoms with E-state index in [0.29, 0.717) is 57.7 Å². The number of ether oxygens (including phenoxy) is 1. The molecule has 0 bridgehead atoms. The highest BCUT2D eigenvalue weighted by Gasteiger charge is 2.44. The van der Waals surface area contributed by atoms with Crippen LogP contribution in [0, 0.1) is 20.8 Å². The summed E-state index contributed by atoms with van der Waals surface area (Å²) in [6, 6.07) is 3.90. The second kappa shape index (κ2) is 11.5. The van der Waals surface area contributed by atoms with E-state index >= 15 is 0 Å². The van der Waals surface area contributed by atoms with Gasteiger partial charge in [-0.2, -0.15) is 0 Å². The van der Waals surface area contributed by atoms with E-state index in [1.807, 2.05) is 0 Å².